The summed E-state index contributed by atoms with van der Waals surface area (Å²) in [4.78, 5) is 131. The molecule has 0 aliphatic heterocycles. The van der Waals surface area contributed by atoms with Gasteiger partial charge in [0.1, 0.15) is 82.2 Å². The normalized spacial score (nSPS) is 12.1. The first-order valence-electron chi connectivity index (χ1n) is 46.6. The number of carboxylic acid groups (broad SMARTS) is 1. The zero-order valence-corrected chi connectivity index (χ0v) is 89.7. The smallest absolute Gasteiger partial charge is 0.478 e. The van der Waals surface area contributed by atoms with Crippen molar-refractivity contribution in [1.29, 1.82) is 0 Å². The Morgan fingerprint density at radius 1 is 0.215 bits per heavy atom. The Bertz CT molecular complexity index is 6360. The number of carbonyl (C=O) groups is 10. The molecule has 0 bridgehead atoms. The van der Waals surface area contributed by atoms with Gasteiger partial charge in [-0.15, -0.1) is 0 Å². The second-order valence-electron chi connectivity index (χ2n) is 38.2. The van der Waals surface area contributed by atoms with Crippen LogP contribution >= 0.6 is 34.4 Å². The minimum atomic E-state index is -2.48. The summed E-state index contributed by atoms with van der Waals surface area (Å²) in [7, 11) is -0.964. The largest absolute Gasteiger partial charge is 0.530 e. The summed E-state index contributed by atoms with van der Waals surface area (Å²) < 4.78 is 127. The van der Waals surface area contributed by atoms with E-state index in [0.29, 0.717) is 61.8 Å². The first-order chi connectivity index (χ1) is 70.7. The number of carbonyl (C=O) groups excluding carboxylic acids is 9. The molecule has 780 valence electrons. The van der Waals surface area contributed by atoms with Gasteiger partial charge in [-0.05, 0) is 262 Å². The standard InChI is InChI=1S/C113H116O32P4/c1-108(2,3)90-64-78(38-58-94(90)142-146(134-82-42-22-70(23-43-82)100(116)117)135-83-44-24-71(25-45-83)101(118)125-15)112(13,79-39-59-95(91(65-79)109(4,5)6)143-147(136-84-46-26-72(27-47-84)102(119)126-16)137-85-48-28-73(29-49-85)103(120)127-17)68-98(114)132-62-63-133-99(115)69-113(14,80-40-60-96(92(66-80)110(7,8)9)144-148(138-86-50-30-74(31-51-86)104(121)128-18)139-87-52-32-75(33-53-87)105(122)129-19)81-41-61-97(93(67-81)111(10,11)12)145-149(140-88-54-34-76(35-55-88)106(123)130-20)141-89-56-36-77(37-57-89)107(124)131-21/h22-61,64-67H,62-63,68-69H2,1-21H3,(H,116,117). The molecule has 0 aliphatic rings. The van der Waals surface area contributed by atoms with Gasteiger partial charge in [0.15, 0.2) is 0 Å². The van der Waals surface area contributed by atoms with E-state index in [2.05, 4.69) is 0 Å². The molecule has 0 spiro atoms. The maximum absolute atomic E-state index is 15.5. The fourth-order valence-electron chi connectivity index (χ4n) is 15.2. The van der Waals surface area contributed by atoms with E-state index in [-0.39, 0.29) is 109 Å². The highest BCUT2D eigenvalue weighted by molar-refractivity contribution is 7.44. The summed E-state index contributed by atoms with van der Waals surface area (Å²) in [6, 6.07) is 70.7. The van der Waals surface area contributed by atoms with Crippen molar-refractivity contribution in [1.82, 2.24) is 0 Å². The molecule has 12 rings (SSSR count). The van der Waals surface area contributed by atoms with Crippen molar-refractivity contribution in [3.63, 3.8) is 0 Å². The monoisotopic (exact) mass is 2110 g/mol. The first-order valence-corrected chi connectivity index (χ1v) is 51.0. The summed E-state index contributed by atoms with van der Waals surface area (Å²) in [6.45, 7) is 26.6. The van der Waals surface area contributed by atoms with Gasteiger partial charge in [-0.3, -0.25) is 9.59 Å². The highest BCUT2D eigenvalue weighted by Gasteiger charge is 2.42. The topological polar surface area (TPSA) is 385 Å². The Balaban J connectivity index is 0.918. The van der Waals surface area contributed by atoms with Gasteiger partial charge in [0.05, 0.1) is 107 Å². The van der Waals surface area contributed by atoms with Crippen molar-refractivity contribution in [2.75, 3.05) is 63.0 Å². The van der Waals surface area contributed by atoms with Crippen molar-refractivity contribution in [2.24, 2.45) is 0 Å². The van der Waals surface area contributed by atoms with E-state index in [1.54, 1.807) is 115 Å². The van der Waals surface area contributed by atoms with Gasteiger partial charge in [-0.25, -0.2) is 38.4 Å². The Labute approximate surface area is 869 Å². The number of aromatic carboxylic acids is 1. The van der Waals surface area contributed by atoms with E-state index in [4.69, 9.17) is 96.9 Å². The van der Waals surface area contributed by atoms with E-state index in [9.17, 15) is 43.5 Å². The SMILES string of the molecule is COC(=O)c1ccc(OP(Oc2ccc(C(=O)O)cc2)Oc2ccc(C(C)(CC(=O)OCCOC(=O)CC(C)(c3ccc(OP(Oc4ccc(C(=O)OC)cc4)Oc4ccc(C(=O)OC)cc4)c(C(C)(C)C)c3)c3ccc(OP(Oc4ccc(C(=O)OC)cc4)Oc4ccc(C(=O)OC)cc4)c(C(C)(C)C)c3)c3ccc(OP(Oc4ccc(C(=O)OC)cc4)Oc4ccc(C(=O)OC)cc4)c(C(C)(C)C)c3)cc2C(C)(C)C)cc1. The molecule has 149 heavy (non-hydrogen) atoms. The van der Waals surface area contributed by atoms with Crippen LogP contribution in [-0.2, 0) is 84.7 Å². The molecule has 32 nitrogen and oxygen atoms in total. The molecule has 1 N–H and O–H groups in total. The predicted molar refractivity (Wildman–Crippen MR) is 558 cm³/mol. The molecule has 0 heterocycles. The van der Waals surface area contributed by atoms with E-state index < -0.39 is 140 Å². The van der Waals surface area contributed by atoms with Gasteiger partial charge < -0.3 is 102 Å². The summed E-state index contributed by atoms with van der Waals surface area (Å²) in [5.41, 5.74) is 0.781. The van der Waals surface area contributed by atoms with Crippen LogP contribution in [0.3, 0.4) is 0 Å². The molecule has 0 aromatic heterocycles. The third kappa shape index (κ3) is 29.8. The summed E-state index contributed by atoms with van der Waals surface area (Å²) in [6.07, 6.45) is -0.725. The Morgan fingerprint density at radius 3 is 0.510 bits per heavy atom. The van der Waals surface area contributed by atoms with Crippen molar-refractivity contribution < 1.29 is 150 Å². The minimum absolute atomic E-state index is 0.00193. The Hall–Kier alpha value is -15.3. The highest BCUT2D eigenvalue weighted by Crippen LogP contribution is 2.55. The summed E-state index contributed by atoms with van der Waals surface area (Å²) >= 11 is 0. The van der Waals surface area contributed by atoms with Crippen molar-refractivity contribution in [3.8, 4) is 69.0 Å². The van der Waals surface area contributed by atoms with Gasteiger partial charge >= 0.3 is 94.1 Å². The molecule has 0 saturated carbocycles. The molecule has 12 aromatic rings. The third-order valence-electron chi connectivity index (χ3n) is 23.5. The second-order valence-corrected chi connectivity index (χ2v) is 42.2. The fraction of sp³-hybridized carbons (Fsp3) is 0.274. The minimum Gasteiger partial charge on any atom is -0.478 e. The van der Waals surface area contributed by atoms with Crippen LogP contribution in [0.15, 0.2) is 267 Å². The quantitative estimate of drug-likeness (QED) is 0.0160. The zero-order valence-electron chi connectivity index (χ0n) is 86.1. The van der Waals surface area contributed by atoms with Gasteiger partial charge in [0.25, 0.3) is 0 Å². The molecule has 0 aliphatic carbocycles. The fourth-order valence-corrected chi connectivity index (χ4v) is 19.2. The maximum atomic E-state index is 15.5. The number of hydrogen-bond donors (Lipinski definition) is 1. The average molecular weight is 2110 g/mol. The van der Waals surface area contributed by atoms with Crippen LogP contribution in [0, 0.1) is 0 Å². The number of ether oxygens (including phenoxy) is 9. The lowest BCUT2D eigenvalue weighted by atomic mass is 9.70. The van der Waals surface area contributed by atoms with Crippen molar-refractivity contribution in [2.45, 2.75) is 142 Å². The Kier molecular flexibility index (Phi) is 37.3. The van der Waals surface area contributed by atoms with Crippen molar-refractivity contribution >= 4 is 94.1 Å². The predicted octanol–water partition coefficient (Wildman–Crippen LogP) is 25.3. The Morgan fingerprint density at radius 2 is 0.369 bits per heavy atom. The van der Waals surface area contributed by atoms with Crippen LogP contribution < -0.4 is 54.3 Å². The lowest BCUT2D eigenvalue weighted by Crippen LogP contribution is -2.31. The number of benzene rings is 12. The van der Waals surface area contributed by atoms with E-state index >= 15 is 9.59 Å². The van der Waals surface area contributed by atoms with Gasteiger partial charge in [-0.2, -0.15) is 0 Å². The maximum Gasteiger partial charge on any atom is 0.530 e. The van der Waals surface area contributed by atoms with E-state index in [1.165, 1.54) is 159 Å². The molecule has 0 saturated heterocycles. The molecule has 12 aromatic carbocycles. The van der Waals surface area contributed by atoms with Crippen LogP contribution in [0.25, 0.3) is 0 Å². The molecule has 2 unspecified atom stereocenters. The van der Waals surface area contributed by atoms with Gasteiger partial charge in [0.2, 0.25) is 0 Å². The van der Waals surface area contributed by atoms with Gasteiger partial charge in [-0.1, -0.05) is 145 Å². The number of methoxy groups -OCH3 is 7. The number of esters is 9. The zero-order chi connectivity index (χ0) is 108. The molecular weight excluding hydrogens is 1990 g/mol. The lowest BCUT2D eigenvalue weighted by molar-refractivity contribution is -0.153. The molecular formula is C113H116O32P4. The highest BCUT2D eigenvalue weighted by atomic mass is 31.2. The average Bonchev–Trinajstić information content (AvgIpc) is 0.755. The van der Waals surface area contributed by atoms with Crippen LogP contribution in [-0.4, -0.2) is 128 Å². The van der Waals surface area contributed by atoms with Crippen molar-refractivity contribution in [3.05, 3.63) is 356 Å². The number of carboxylic acids is 1. The lowest BCUT2D eigenvalue weighted by Gasteiger charge is -2.34. The van der Waals surface area contributed by atoms with E-state index in [1.807, 2.05) is 139 Å². The molecule has 2 atom stereocenters. The van der Waals surface area contributed by atoms with Crippen LogP contribution in [0.4, 0.5) is 0 Å². The summed E-state index contributed by atoms with van der Waals surface area (Å²) in [5.74, 6) is -3.45. The third-order valence-corrected chi connectivity index (χ3v) is 27.7. The van der Waals surface area contributed by atoms with Crippen LogP contribution in [0.1, 0.15) is 237 Å². The number of rotatable bonds is 43. The van der Waals surface area contributed by atoms with Gasteiger partial charge in [0, 0.05) is 33.1 Å². The van der Waals surface area contributed by atoms with E-state index in [0.717, 1.165) is 0 Å². The first kappa shape index (κ1) is 112. The molecule has 36 heteroatoms. The molecule has 0 radical (unpaired) electrons. The summed E-state index contributed by atoms with van der Waals surface area (Å²) in [5, 5.41) is 9.83. The molecule has 0 amide bonds. The number of hydrogen-bond acceptors (Lipinski definition) is 31. The second kappa shape index (κ2) is 49.4. The molecule has 0 fully saturated rings. The van der Waals surface area contributed by atoms with Crippen LogP contribution in [0.2, 0.25) is 0 Å². The van der Waals surface area contributed by atoms with Crippen LogP contribution in [0.5, 0.6) is 69.0 Å².